The lowest BCUT2D eigenvalue weighted by Crippen LogP contribution is -2.43. The van der Waals surface area contributed by atoms with Crippen LogP contribution in [-0.4, -0.2) is 23.8 Å². The van der Waals surface area contributed by atoms with Crippen LogP contribution in [-0.2, 0) is 0 Å². The van der Waals surface area contributed by atoms with Gasteiger partial charge in [0.05, 0.1) is 6.10 Å². The van der Waals surface area contributed by atoms with Crippen molar-refractivity contribution in [2.75, 3.05) is 6.54 Å². The van der Waals surface area contributed by atoms with Gasteiger partial charge in [-0.05, 0) is 25.8 Å². The van der Waals surface area contributed by atoms with Crippen molar-refractivity contribution in [2.45, 2.75) is 115 Å². The molecule has 0 radical (unpaired) electrons. The Bertz CT molecular complexity index is 214. The first-order valence-electron chi connectivity index (χ1n) is 9.76. The lowest BCUT2D eigenvalue weighted by molar-refractivity contribution is 0.102. The normalized spacial score (nSPS) is 20.6. The number of unbranched alkanes of at least 4 members (excludes halogenated alkanes) is 10. The van der Waals surface area contributed by atoms with Crippen molar-refractivity contribution in [3.05, 3.63) is 0 Å². The Morgan fingerprint density at radius 1 is 0.857 bits per heavy atom. The fraction of sp³-hybridized carbons (Fsp3) is 1.00. The van der Waals surface area contributed by atoms with E-state index in [1.807, 2.05) is 0 Å². The van der Waals surface area contributed by atoms with Crippen molar-refractivity contribution in [1.82, 2.24) is 5.32 Å². The van der Waals surface area contributed by atoms with Gasteiger partial charge in [-0.2, -0.15) is 0 Å². The van der Waals surface area contributed by atoms with Crippen molar-refractivity contribution >= 4 is 0 Å². The van der Waals surface area contributed by atoms with Crippen molar-refractivity contribution in [1.29, 1.82) is 0 Å². The van der Waals surface area contributed by atoms with E-state index in [2.05, 4.69) is 12.2 Å². The molecule has 1 rings (SSSR count). The molecule has 2 N–H and O–H groups in total. The van der Waals surface area contributed by atoms with Crippen LogP contribution in [0.25, 0.3) is 0 Å². The van der Waals surface area contributed by atoms with Crippen molar-refractivity contribution in [2.24, 2.45) is 0 Å². The average Bonchev–Trinajstić information content (AvgIpc) is 2.53. The van der Waals surface area contributed by atoms with E-state index >= 15 is 0 Å². The summed E-state index contributed by atoms with van der Waals surface area (Å²) >= 11 is 0. The molecule has 2 nitrogen and oxygen atoms in total. The monoisotopic (exact) mass is 297 g/mol. The van der Waals surface area contributed by atoms with Crippen LogP contribution in [0.2, 0.25) is 0 Å². The number of piperidine rings is 1. The minimum atomic E-state index is -0.108. The summed E-state index contributed by atoms with van der Waals surface area (Å²) in [7, 11) is 0. The maximum Gasteiger partial charge on any atom is 0.0693 e. The summed E-state index contributed by atoms with van der Waals surface area (Å²) in [5.74, 6) is 0. The highest BCUT2D eigenvalue weighted by atomic mass is 16.3. The van der Waals surface area contributed by atoms with Gasteiger partial charge in [0.1, 0.15) is 0 Å². The van der Waals surface area contributed by atoms with Gasteiger partial charge in [0.2, 0.25) is 0 Å². The van der Waals surface area contributed by atoms with Gasteiger partial charge in [-0.1, -0.05) is 84.0 Å². The molecule has 0 aromatic heterocycles. The molecule has 1 heterocycles. The van der Waals surface area contributed by atoms with E-state index < -0.39 is 0 Å². The Labute approximate surface area is 133 Å². The second-order valence-electron chi connectivity index (χ2n) is 6.95. The van der Waals surface area contributed by atoms with E-state index in [9.17, 15) is 5.11 Å². The topological polar surface area (TPSA) is 32.3 Å². The average molecular weight is 298 g/mol. The molecule has 1 aliphatic heterocycles. The van der Waals surface area contributed by atoms with E-state index in [0.717, 1.165) is 13.0 Å². The number of hydrogen-bond acceptors (Lipinski definition) is 2. The highest BCUT2D eigenvalue weighted by Gasteiger charge is 2.20. The molecule has 21 heavy (non-hydrogen) atoms. The van der Waals surface area contributed by atoms with E-state index in [1.54, 1.807) is 0 Å². The van der Waals surface area contributed by atoms with E-state index in [-0.39, 0.29) is 6.10 Å². The molecule has 2 unspecified atom stereocenters. The highest BCUT2D eigenvalue weighted by Crippen LogP contribution is 2.16. The zero-order valence-corrected chi connectivity index (χ0v) is 14.4. The maximum atomic E-state index is 10.2. The van der Waals surface area contributed by atoms with Crippen molar-refractivity contribution in [3.63, 3.8) is 0 Å². The zero-order chi connectivity index (χ0) is 15.2. The Kier molecular flexibility index (Phi) is 12.3. The minimum Gasteiger partial charge on any atom is -0.392 e. The fourth-order valence-corrected chi connectivity index (χ4v) is 3.43. The molecule has 0 spiro atoms. The molecule has 1 saturated heterocycles. The number of nitrogens with one attached hydrogen (secondary N) is 1. The Hall–Kier alpha value is -0.0800. The Morgan fingerprint density at radius 3 is 1.95 bits per heavy atom. The van der Waals surface area contributed by atoms with Gasteiger partial charge in [0.25, 0.3) is 0 Å². The number of hydrogen-bond donors (Lipinski definition) is 2. The third kappa shape index (κ3) is 10.3. The SMILES string of the molecule is CCCCCCCCCCCCCC(O)C1CCCCN1. The molecule has 0 bridgehead atoms. The molecule has 2 atom stereocenters. The second-order valence-corrected chi connectivity index (χ2v) is 6.95. The van der Waals surface area contributed by atoms with E-state index in [1.165, 1.54) is 89.9 Å². The molecule has 0 aromatic carbocycles. The van der Waals surface area contributed by atoms with Crippen molar-refractivity contribution in [3.8, 4) is 0 Å². The van der Waals surface area contributed by atoms with Crippen LogP contribution in [0.5, 0.6) is 0 Å². The molecule has 126 valence electrons. The minimum absolute atomic E-state index is 0.108. The molecule has 1 aliphatic rings. The van der Waals surface area contributed by atoms with Crippen LogP contribution >= 0.6 is 0 Å². The summed E-state index contributed by atoms with van der Waals surface area (Å²) in [6, 6.07) is 0.377. The third-order valence-electron chi connectivity index (χ3n) is 4.92. The first-order valence-corrected chi connectivity index (χ1v) is 9.76. The van der Waals surface area contributed by atoms with Gasteiger partial charge in [0.15, 0.2) is 0 Å². The van der Waals surface area contributed by atoms with Crippen LogP contribution in [0.15, 0.2) is 0 Å². The van der Waals surface area contributed by atoms with Gasteiger partial charge in [-0.15, -0.1) is 0 Å². The number of aliphatic hydroxyl groups is 1. The molecule has 2 heteroatoms. The molecule has 0 saturated carbocycles. The molecule has 1 fully saturated rings. The van der Waals surface area contributed by atoms with Gasteiger partial charge < -0.3 is 10.4 Å². The van der Waals surface area contributed by atoms with Crippen LogP contribution in [0.4, 0.5) is 0 Å². The van der Waals surface area contributed by atoms with Crippen LogP contribution in [0, 0.1) is 0 Å². The standard InChI is InChI=1S/C19H39NO/c1-2-3-4-5-6-7-8-9-10-11-12-16-19(21)18-15-13-14-17-20-18/h18-21H,2-17H2,1H3. The molecule has 0 aliphatic carbocycles. The molecular formula is C19H39NO. The van der Waals surface area contributed by atoms with Gasteiger partial charge in [-0.3, -0.25) is 0 Å². The summed E-state index contributed by atoms with van der Waals surface area (Å²) in [6.07, 6.45) is 19.8. The number of rotatable bonds is 13. The number of aliphatic hydroxyl groups excluding tert-OH is 1. The van der Waals surface area contributed by atoms with Crippen LogP contribution in [0.1, 0.15) is 103 Å². The summed E-state index contributed by atoms with van der Waals surface area (Å²) in [5, 5.41) is 13.6. The Balaban J connectivity index is 1.79. The largest absolute Gasteiger partial charge is 0.392 e. The predicted octanol–water partition coefficient (Wildman–Crippen LogP) is 5.19. The predicted molar refractivity (Wildman–Crippen MR) is 92.7 cm³/mol. The van der Waals surface area contributed by atoms with Crippen molar-refractivity contribution < 1.29 is 5.11 Å². The molecule has 0 amide bonds. The maximum absolute atomic E-state index is 10.2. The first-order chi connectivity index (χ1) is 10.3. The lowest BCUT2D eigenvalue weighted by atomic mass is 9.96. The van der Waals surface area contributed by atoms with Crippen LogP contribution in [0.3, 0.4) is 0 Å². The summed E-state index contributed by atoms with van der Waals surface area (Å²) in [5.41, 5.74) is 0. The third-order valence-corrected chi connectivity index (χ3v) is 4.92. The van der Waals surface area contributed by atoms with Gasteiger partial charge >= 0.3 is 0 Å². The molecular weight excluding hydrogens is 258 g/mol. The quantitative estimate of drug-likeness (QED) is 0.458. The summed E-state index contributed by atoms with van der Waals surface area (Å²) in [4.78, 5) is 0. The van der Waals surface area contributed by atoms with Gasteiger partial charge in [0, 0.05) is 6.04 Å². The smallest absolute Gasteiger partial charge is 0.0693 e. The fourth-order valence-electron chi connectivity index (χ4n) is 3.43. The lowest BCUT2D eigenvalue weighted by Gasteiger charge is -2.28. The van der Waals surface area contributed by atoms with Gasteiger partial charge in [-0.25, -0.2) is 0 Å². The first kappa shape index (κ1) is 19.0. The molecule has 0 aromatic rings. The second kappa shape index (κ2) is 13.6. The van der Waals surface area contributed by atoms with E-state index in [0.29, 0.717) is 6.04 Å². The summed E-state index contributed by atoms with van der Waals surface area (Å²) < 4.78 is 0. The Morgan fingerprint density at radius 2 is 1.43 bits per heavy atom. The highest BCUT2D eigenvalue weighted by molar-refractivity contribution is 4.79. The van der Waals surface area contributed by atoms with Crippen LogP contribution < -0.4 is 5.32 Å². The zero-order valence-electron chi connectivity index (χ0n) is 14.4. The summed E-state index contributed by atoms with van der Waals surface area (Å²) in [6.45, 7) is 3.38. The van der Waals surface area contributed by atoms with E-state index in [4.69, 9.17) is 0 Å².